The Hall–Kier alpha value is -3.98. The molecule has 0 saturated carbocycles. The van der Waals surface area contributed by atoms with Gasteiger partial charge in [-0.25, -0.2) is 4.68 Å². The summed E-state index contributed by atoms with van der Waals surface area (Å²) < 4.78 is 7.48. The number of nitro benzene ring substituents is 1. The molecule has 0 bridgehead atoms. The molecule has 8 nitrogen and oxygen atoms in total. The highest BCUT2D eigenvalue weighted by molar-refractivity contribution is 9.10. The van der Waals surface area contributed by atoms with E-state index in [0.717, 1.165) is 10.0 Å². The van der Waals surface area contributed by atoms with Gasteiger partial charge in [0.15, 0.2) is 0 Å². The van der Waals surface area contributed by atoms with Gasteiger partial charge >= 0.3 is 0 Å². The number of rotatable bonds is 6. The summed E-state index contributed by atoms with van der Waals surface area (Å²) in [4.78, 5) is 28.7. The topological polar surface area (TPSA) is 103 Å². The Morgan fingerprint density at radius 1 is 1.09 bits per heavy atom. The normalized spacial score (nSPS) is 11.4. The molecule has 1 aromatic heterocycles. The predicted molar refractivity (Wildman–Crippen MR) is 131 cm³/mol. The highest BCUT2D eigenvalue weighted by Crippen LogP contribution is 2.26. The van der Waals surface area contributed by atoms with Gasteiger partial charge in [0.1, 0.15) is 5.75 Å². The van der Waals surface area contributed by atoms with Gasteiger partial charge in [0.2, 0.25) is 0 Å². The van der Waals surface area contributed by atoms with Crippen LogP contribution in [0.3, 0.4) is 0 Å². The Bertz CT molecular complexity index is 1400. The van der Waals surface area contributed by atoms with Crippen LogP contribution in [0.1, 0.15) is 12.5 Å². The van der Waals surface area contributed by atoms with E-state index in [-0.39, 0.29) is 11.2 Å². The molecule has 0 amide bonds. The fourth-order valence-electron chi connectivity index (χ4n) is 3.44. The Morgan fingerprint density at radius 3 is 2.39 bits per heavy atom. The number of H-pyrrole nitrogens is 1. The summed E-state index contributed by atoms with van der Waals surface area (Å²) in [5.41, 5.74) is 3.09. The molecule has 0 aliphatic heterocycles. The van der Waals surface area contributed by atoms with Crippen molar-refractivity contribution in [3.63, 3.8) is 0 Å². The van der Waals surface area contributed by atoms with Crippen LogP contribution in [-0.2, 0) is 0 Å². The zero-order valence-electron chi connectivity index (χ0n) is 17.8. The summed E-state index contributed by atoms with van der Waals surface area (Å²) in [5.74, 6) is 0.692. The van der Waals surface area contributed by atoms with E-state index in [4.69, 9.17) is 4.74 Å². The number of halogens is 1. The minimum atomic E-state index is -0.482. The Balaban J connectivity index is 1.89. The monoisotopic (exact) mass is 506 g/mol. The van der Waals surface area contributed by atoms with Gasteiger partial charge in [-0.3, -0.25) is 25.0 Å². The van der Waals surface area contributed by atoms with Crippen LogP contribution in [0.4, 0.5) is 11.4 Å². The molecule has 0 saturated heterocycles. The largest absolute Gasteiger partial charge is 0.497 e. The Morgan fingerprint density at radius 2 is 1.79 bits per heavy atom. The van der Waals surface area contributed by atoms with E-state index in [1.807, 2.05) is 36.4 Å². The number of nitro groups is 1. The van der Waals surface area contributed by atoms with Crippen molar-refractivity contribution >= 4 is 33.0 Å². The molecule has 0 aliphatic carbocycles. The first kappa shape index (κ1) is 22.2. The van der Waals surface area contributed by atoms with E-state index in [2.05, 4.69) is 26.0 Å². The summed E-state index contributed by atoms with van der Waals surface area (Å²) >= 11 is 3.44. The van der Waals surface area contributed by atoms with Gasteiger partial charge in [-0.1, -0.05) is 22.0 Å². The molecule has 0 atom stereocenters. The maximum atomic E-state index is 13.5. The Labute approximate surface area is 197 Å². The number of aromatic nitrogens is 2. The number of hydrogen-bond acceptors (Lipinski definition) is 5. The van der Waals surface area contributed by atoms with E-state index >= 15 is 0 Å². The van der Waals surface area contributed by atoms with Crippen LogP contribution < -0.4 is 10.3 Å². The number of non-ortho nitro benzene ring substituents is 1. The van der Waals surface area contributed by atoms with Gasteiger partial charge in [-0.2, -0.15) is 0 Å². The second-order valence-electron chi connectivity index (χ2n) is 7.18. The lowest BCUT2D eigenvalue weighted by Crippen LogP contribution is -2.19. The Kier molecular flexibility index (Phi) is 6.23. The number of nitrogens with one attached hydrogen (secondary N) is 1. The molecule has 3 aromatic carbocycles. The quantitative estimate of drug-likeness (QED) is 0.207. The molecule has 0 spiro atoms. The van der Waals surface area contributed by atoms with Crippen LogP contribution in [0.15, 0.2) is 87.1 Å². The van der Waals surface area contributed by atoms with Gasteiger partial charge in [-0.05, 0) is 61.5 Å². The predicted octanol–water partition coefficient (Wildman–Crippen LogP) is 5.65. The standard InChI is InChI=1S/C24H19BrN4O4/c1-15(26-18-5-3-4-17(25)14-18)22-23(16-6-12-21(33-2)13-7-16)27-28(24(22)30)19-8-10-20(11-9-19)29(31)32/h3-14,27H,1-2H3. The third kappa shape index (κ3) is 4.63. The molecule has 0 fully saturated rings. The average Bonchev–Trinajstić information content (AvgIpc) is 3.16. The van der Waals surface area contributed by atoms with E-state index < -0.39 is 4.92 Å². The maximum Gasteiger partial charge on any atom is 0.280 e. The van der Waals surface area contributed by atoms with Crippen molar-refractivity contribution in [1.29, 1.82) is 0 Å². The highest BCUT2D eigenvalue weighted by Gasteiger charge is 2.20. The van der Waals surface area contributed by atoms with Crippen LogP contribution >= 0.6 is 15.9 Å². The van der Waals surface area contributed by atoms with Crippen molar-refractivity contribution in [2.75, 3.05) is 7.11 Å². The zero-order chi connectivity index (χ0) is 23.5. The highest BCUT2D eigenvalue weighted by atomic mass is 79.9. The molecule has 0 radical (unpaired) electrons. The smallest absolute Gasteiger partial charge is 0.280 e. The molecule has 33 heavy (non-hydrogen) atoms. The average molecular weight is 507 g/mol. The lowest BCUT2D eigenvalue weighted by molar-refractivity contribution is -0.384. The van der Waals surface area contributed by atoms with E-state index in [1.165, 1.54) is 28.9 Å². The lowest BCUT2D eigenvalue weighted by atomic mass is 10.0. The van der Waals surface area contributed by atoms with Crippen LogP contribution in [0.25, 0.3) is 16.9 Å². The number of methoxy groups -OCH3 is 1. The van der Waals surface area contributed by atoms with Gasteiger partial charge in [-0.15, -0.1) is 0 Å². The van der Waals surface area contributed by atoms with Crippen LogP contribution in [0, 0.1) is 10.1 Å². The number of ether oxygens (including phenoxy) is 1. The van der Waals surface area contributed by atoms with Gasteiger partial charge in [0.05, 0.1) is 40.4 Å². The molecule has 4 aromatic rings. The van der Waals surface area contributed by atoms with E-state index in [0.29, 0.717) is 34.1 Å². The maximum absolute atomic E-state index is 13.5. The fraction of sp³-hybridized carbons (Fsp3) is 0.0833. The second kappa shape index (κ2) is 9.25. The zero-order valence-corrected chi connectivity index (χ0v) is 19.4. The van der Waals surface area contributed by atoms with Gasteiger partial charge in [0.25, 0.3) is 11.2 Å². The molecule has 0 aliphatic rings. The third-order valence-electron chi connectivity index (χ3n) is 5.05. The number of aliphatic imine (C=N–C) groups is 1. The SMILES string of the molecule is COc1ccc(-c2[nH]n(-c3ccc([N+](=O)[O-])cc3)c(=O)c2C(C)=Nc2cccc(Br)c2)cc1. The number of hydrogen-bond donors (Lipinski definition) is 1. The number of aromatic amines is 1. The molecule has 166 valence electrons. The molecule has 0 unspecified atom stereocenters. The van der Waals surface area contributed by atoms with Crippen molar-refractivity contribution < 1.29 is 9.66 Å². The van der Waals surface area contributed by atoms with E-state index in [1.54, 1.807) is 26.2 Å². The summed E-state index contributed by atoms with van der Waals surface area (Å²) in [6.07, 6.45) is 0. The van der Waals surface area contributed by atoms with Gasteiger partial charge in [0, 0.05) is 22.2 Å². The van der Waals surface area contributed by atoms with Crippen molar-refractivity contribution in [2.45, 2.75) is 6.92 Å². The minimum Gasteiger partial charge on any atom is -0.497 e. The molecular weight excluding hydrogens is 488 g/mol. The fourth-order valence-corrected chi connectivity index (χ4v) is 3.83. The molecule has 1 heterocycles. The molecular formula is C24H19BrN4O4. The number of benzene rings is 3. The van der Waals surface area contributed by atoms with Crippen LogP contribution in [-0.4, -0.2) is 27.5 Å². The summed E-state index contributed by atoms with van der Waals surface area (Å²) in [6.45, 7) is 1.78. The first-order valence-electron chi connectivity index (χ1n) is 9.93. The summed E-state index contributed by atoms with van der Waals surface area (Å²) in [5, 5.41) is 14.1. The molecule has 1 N–H and O–H groups in total. The van der Waals surface area contributed by atoms with Crippen molar-refractivity contribution in [2.24, 2.45) is 4.99 Å². The van der Waals surface area contributed by atoms with Crippen molar-refractivity contribution in [3.05, 3.63) is 103 Å². The van der Waals surface area contributed by atoms with Crippen molar-refractivity contribution in [3.8, 4) is 22.7 Å². The molecule has 4 rings (SSSR count). The van der Waals surface area contributed by atoms with Gasteiger partial charge < -0.3 is 4.74 Å². The minimum absolute atomic E-state index is 0.0543. The first-order valence-corrected chi connectivity index (χ1v) is 10.7. The van der Waals surface area contributed by atoms with Crippen LogP contribution in [0.2, 0.25) is 0 Å². The molecule has 9 heteroatoms. The summed E-state index contributed by atoms with van der Waals surface area (Å²) in [6, 6.07) is 20.6. The first-order chi connectivity index (χ1) is 15.9. The summed E-state index contributed by atoms with van der Waals surface area (Å²) in [7, 11) is 1.59. The lowest BCUT2D eigenvalue weighted by Gasteiger charge is -2.05. The second-order valence-corrected chi connectivity index (χ2v) is 8.10. The third-order valence-corrected chi connectivity index (χ3v) is 5.55. The number of nitrogens with zero attached hydrogens (tertiary/aromatic N) is 3. The van der Waals surface area contributed by atoms with E-state index in [9.17, 15) is 14.9 Å². The van der Waals surface area contributed by atoms with Crippen molar-refractivity contribution in [1.82, 2.24) is 9.78 Å². The van der Waals surface area contributed by atoms with Crippen LogP contribution in [0.5, 0.6) is 5.75 Å².